The highest BCUT2D eigenvalue weighted by atomic mass is 16.5. The molecule has 114 valence electrons. The molecule has 0 radical (unpaired) electrons. The van der Waals surface area contributed by atoms with Crippen LogP contribution < -0.4 is 4.57 Å². The highest BCUT2D eigenvalue weighted by molar-refractivity contribution is 5.11. The van der Waals surface area contributed by atoms with Crippen LogP contribution in [0.15, 0.2) is 18.5 Å². The van der Waals surface area contributed by atoms with Crippen molar-refractivity contribution in [3.05, 3.63) is 29.6 Å². The Bertz CT molecular complexity index is 342. The summed E-state index contributed by atoms with van der Waals surface area (Å²) in [6, 6.07) is 2.19. The topological polar surface area (TPSA) is 13.1 Å². The molecular formula is C18H32NO+. The summed E-state index contributed by atoms with van der Waals surface area (Å²) in [5.41, 5.74) is 2.58. The Morgan fingerprint density at radius 2 is 1.40 bits per heavy atom. The van der Waals surface area contributed by atoms with E-state index in [1.54, 1.807) is 0 Å². The number of aryl methyl sites for hydroxylation is 2. The van der Waals surface area contributed by atoms with Crippen molar-refractivity contribution < 1.29 is 9.30 Å². The minimum atomic E-state index is 0.680. The molecule has 0 aliphatic heterocycles. The quantitative estimate of drug-likeness (QED) is 0.422. The van der Waals surface area contributed by atoms with Gasteiger partial charge >= 0.3 is 0 Å². The SMILES string of the molecule is CCCCCCCCCCOC[n+]1cc(C)cc(C)c1. The summed E-state index contributed by atoms with van der Waals surface area (Å²) in [5.74, 6) is 0. The Labute approximate surface area is 125 Å². The number of nitrogens with zero attached hydrogens (tertiary/aromatic N) is 1. The summed E-state index contributed by atoms with van der Waals surface area (Å²) in [7, 11) is 0. The first-order valence-electron chi connectivity index (χ1n) is 8.27. The first kappa shape index (κ1) is 17.2. The van der Waals surface area contributed by atoms with Crippen LogP contribution in [0, 0.1) is 13.8 Å². The number of hydrogen-bond acceptors (Lipinski definition) is 1. The summed E-state index contributed by atoms with van der Waals surface area (Å²) >= 11 is 0. The van der Waals surface area contributed by atoms with E-state index in [0.717, 1.165) is 6.61 Å². The van der Waals surface area contributed by atoms with Gasteiger partial charge in [-0.1, -0.05) is 51.9 Å². The van der Waals surface area contributed by atoms with Gasteiger partial charge in [-0.3, -0.25) is 0 Å². The lowest BCUT2D eigenvalue weighted by atomic mass is 10.1. The van der Waals surface area contributed by atoms with Crippen LogP contribution in [-0.4, -0.2) is 6.61 Å². The third kappa shape index (κ3) is 8.31. The first-order chi connectivity index (χ1) is 9.72. The van der Waals surface area contributed by atoms with E-state index in [4.69, 9.17) is 4.74 Å². The van der Waals surface area contributed by atoms with E-state index in [-0.39, 0.29) is 0 Å². The standard InChI is InChI=1S/C18H32NO/c1-4-5-6-7-8-9-10-11-12-20-16-19-14-17(2)13-18(3)15-19/h13-15H,4-12,16H2,1-3H3/q+1. The molecule has 20 heavy (non-hydrogen) atoms. The fourth-order valence-electron chi connectivity index (χ4n) is 2.58. The van der Waals surface area contributed by atoms with Crippen LogP contribution in [0.4, 0.5) is 0 Å². The van der Waals surface area contributed by atoms with Gasteiger partial charge in [-0.15, -0.1) is 0 Å². The number of rotatable bonds is 11. The minimum Gasteiger partial charge on any atom is -0.323 e. The number of ether oxygens (including phenoxy) is 1. The van der Waals surface area contributed by atoms with E-state index in [1.165, 1.54) is 62.5 Å². The molecule has 0 fully saturated rings. The van der Waals surface area contributed by atoms with Crippen LogP contribution in [0.5, 0.6) is 0 Å². The van der Waals surface area contributed by atoms with Gasteiger partial charge in [-0.05, 0) is 26.3 Å². The predicted molar refractivity (Wildman–Crippen MR) is 84.7 cm³/mol. The molecule has 1 rings (SSSR count). The van der Waals surface area contributed by atoms with Crippen molar-refractivity contribution >= 4 is 0 Å². The number of hydrogen-bond donors (Lipinski definition) is 0. The van der Waals surface area contributed by atoms with Gasteiger partial charge in [-0.25, -0.2) is 0 Å². The maximum atomic E-state index is 5.74. The maximum absolute atomic E-state index is 5.74. The molecule has 0 saturated heterocycles. The monoisotopic (exact) mass is 278 g/mol. The van der Waals surface area contributed by atoms with E-state index in [1.807, 2.05) is 0 Å². The van der Waals surface area contributed by atoms with Crippen molar-refractivity contribution in [3.8, 4) is 0 Å². The molecule has 0 N–H and O–H groups in total. The molecule has 0 unspecified atom stereocenters. The predicted octanol–water partition coefficient (Wildman–Crippen LogP) is 4.71. The average molecular weight is 278 g/mol. The Hall–Kier alpha value is -0.890. The molecule has 0 bridgehead atoms. The van der Waals surface area contributed by atoms with Gasteiger partial charge in [0, 0.05) is 11.1 Å². The molecule has 0 atom stereocenters. The molecule has 1 aromatic heterocycles. The summed E-state index contributed by atoms with van der Waals surface area (Å²) in [5, 5.41) is 0. The molecule has 0 spiro atoms. The van der Waals surface area contributed by atoms with Crippen LogP contribution in [0.2, 0.25) is 0 Å². The first-order valence-corrected chi connectivity index (χ1v) is 8.27. The van der Waals surface area contributed by atoms with Gasteiger partial charge in [0.1, 0.15) is 0 Å². The second-order valence-electron chi connectivity index (χ2n) is 5.92. The van der Waals surface area contributed by atoms with Crippen molar-refractivity contribution in [2.45, 2.75) is 78.9 Å². The Morgan fingerprint density at radius 1 is 0.850 bits per heavy atom. The summed E-state index contributed by atoms with van der Waals surface area (Å²) in [4.78, 5) is 0. The zero-order valence-corrected chi connectivity index (χ0v) is 13.7. The molecular weight excluding hydrogens is 246 g/mol. The lowest BCUT2D eigenvalue weighted by molar-refractivity contribution is -0.733. The van der Waals surface area contributed by atoms with Gasteiger partial charge < -0.3 is 4.74 Å². The number of aromatic nitrogens is 1. The lowest BCUT2D eigenvalue weighted by Gasteiger charge is -2.03. The van der Waals surface area contributed by atoms with Gasteiger partial charge in [0.15, 0.2) is 12.4 Å². The van der Waals surface area contributed by atoms with Crippen molar-refractivity contribution in [2.24, 2.45) is 0 Å². The van der Waals surface area contributed by atoms with Crippen molar-refractivity contribution in [2.75, 3.05) is 6.61 Å². The van der Waals surface area contributed by atoms with Crippen molar-refractivity contribution in [3.63, 3.8) is 0 Å². The van der Waals surface area contributed by atoms with Crippen LogP contribution in [0.25, 0.3) is 0 Å². The van der Waals surface area contributed by atoms with E-state index in [2.05, 4.69) is 43.8 Å². The Balaban J connectivity index is 1.97. The Kier molecular flexibility index (Phi) is 9.31. The lowest BCUT2D eigenvalue weighted by Crippen LogP contribution is -2.35. The van der Waals surface area contributed by atoms with E-state index in [0.29, 0.717) is 6.73 Å². The number of pyridine rings is 1. The van der Waals surface area contributed by atoms with Gasteiger partial charge in [0.25, 0.3) is 6.73 Å². The highest BCUT2D eigenvalue weighted by Gasteiger charge is 2.02. The molecule has 0 aliphatic rings. The van der Waals surface area contributed by atoms with E-state index in [9.17, 15) is 0 Å². The van der Waals surface area contributed by atoms with E-state index >= 15 is 0 Å². The summed E-state index contributed by atoms with van der Waals surface area (Å²) < 4.78 is 7.87. The summed E-state index contributed by atoms with van der Waals surface area (Å²) in [6.07, 6.45) is 15.1. The van der Waals surface area contributed by atoms with Gasteiger partial charge in [0.05, 0.1) is 6.61 Å². The molecule has 2 nitrogen and oxygen atoms in total. The summed E-state index contributed by atoms with van der Waals surface area (Å²) in [6.45, 7) is 8.09. The smallest absolute Gasteiger partial charge is 0.252 e. The average Bonchev–Trinajstić information content (AvgIpc) is 2.40. The maximum Gasteiger partial charge on any atom is 0.252 e. The van der Waals surface area contributed by atoms with Crippen LogP contribution in [0.1, 0.15) is 69.4 Å². The molecule has 0 aromatic carbocycles. The van der Waals surface area contributed by atoms with Crippen molar-refractivity contribution in [1.82, 2.24) is 0 Å². The van der Waals surface area contributed by atoms with Crippen LogP contribution in [-0.2, 0) is 11.5 Å². The largest absolute Gasteiger partial charge is 0.323 e. The van der Waals surface area contributed by atoms with Crippen LogP contribution >= 0.6 is 0 Å². The fourth-order valence-corrected chi connectivity index (χ4v) is 2.58. The molecule has 1 aromatic rings. The fraction of sp³-hybridized carbons (Fsp3) is 0.722. The number of unbranched alkanes of at least 4 members (excludes halogenated alkanes) is 7. The third-order valence-electron chi connectivity index (χ3n) is 3.58. The zero-order valence-electron chi connectivity index (χ0n) is 13.7. The second kappa shape index (κ2) is 10.8. The van der Waals surface area contributed by atoms with Gasteiger partial charge in [-0.2, -0.15) is 4.57 Å². The molecule has 0 aliphatic carbocycles. The van der Waals surface area contributed by atoms with Gasteiger partial charge in [0.2, 0.25) is 0 Å². The Morgan fingerprint density at radius 3 is 2.00 bits per heavy atom. The molecule has 0 amide bonds. The third-order valence-corrected chi connectivity index (χ3v) is 3.58. The van der Waals surface area contributed by atoms with Crippen molar-refractivity contribution in [1.29, 1.82) is 0 Å². The molecule has 1 heterocycles. The normalized spacial score (nSPS) is 10.9. The molecule has 2 heteroatoms. The highest BCUT2D eigenvalue weighted by Crippen LogP contribution is 2.08. The molecule has 0 saturated carbocycles. The van der Waals surface area contributed by atoms with E-state index < -0.39 is 0 Å². The zero-order chi connectivity index (χ0) is 14.6. The van der Waals surface area contributed by atoms with Crippen LogP contribution in [0.3, 0.4) is 0 Å². The minimum absolute atomic E-state index is 0.680. The second-order valence-corrected chi connectivity index (χ2v) is 5.92.